The Morgan fingerprint density at radius 1 is 0.724 bits per heavy atom. The average Bonchev–Trinajstić information content (AvgIpc) is 2.74. The second-order valence-corrected chi connectivity index (χ2v) is 6.78. The average molecular weight is 394 g/mol. The molecule has 0 fully saturated rings. The van der Waals surface area contributed by atoms with Crippen LogP contribution in [0.1, 0.15) is 23.1 Å². The largest absolute Gasteiger partial charge is 0.508 e. The van der Waals surface area contributed by atoms with Crippen molar-refractivity contribution in [3.05, 3.63) is 77.4 Å². The first-order valence-electron chi connectivity index (χ1n) is 9.52. The first kappa shape index (κ1) is 20.4. The van der Waals surface area contributed by atoms with Crippen LogP contribution < -0.4 is 14.2 Å². The molecular weight excluding hydrogens is 368 g/mol. The van der Waals surface area contributed by atoms with Crippen molar-refractivity contribution >= 4 is 0 Å². The van der Waals surface area contributed by atoms with Crippen molar-refractivity contribution in [1.82, 2.24) is 0 Å². The van der Waals surface area contributed by atoms with Crippen molar-refractivity contribution < 1.29 is 24.4 Å². The third kappa shape index (κ3) is 5.57. The Balaban J connectivity index is 1.57. The highest BCUT2D eigenvalue weighted by molar-refractivity contribution is 5.42. The lowest BCUT2D eigenvalue weighted by molar-refractivity contribution is 0.303. The third-order valence-electron chi connectivity index (χ3n) is 4.78. The number of phenols is 2. The minimum atomic E-state index is 0.0677. The van der Waals surface area contributed by atoms with E-state index in [4.69, 9.17) is 14.2 Å². The molecule has 0 radical (unpaired) electrons. The van der Waals surface area contributed by atoms with Crippen LogP contribution in [-0.2, 0) is 19.4 Å². The van der Waals surface area contributed by atoms with E-state index in [0.29, 0.717) is 13.0 Å². The molecule has 0 bridgehead atoms. The third-order valence-corrected chi connectivity index (χ3v) is 4.78. The maximum absolute atomic E-state index is 9.90. The minimum Gasteiger partial charge on any atom is -0.508 e. The summed E-state index contributed by atoms with van der Waals surface area (Å²) in [6, 6.07) is 18.3. The van der Waals surface area contributed by atoms with Crippen LogP contribution in [-0.4, -0.2) is 24.4 Å². The number of hydrogen-bond donors (Lipinski definition) is 2. The lowest BCUT2D eigenvalue weighted by atomic mass is 10.0. The predicted molar refractivity (Wildman–Crippen MR) is 112 cm³/mol. The maximum atomic E-state index is 9.90. The van der Waals surface area contributed by atoms with Crippen molar-refractivity contribution in [2.45, 2.75) is 25.9 Å². The molecule has 3 aromatic rings. The number of phenolic OH excluding ortho intramolecular Hbond substituents is 2. The van der Waals surface area contributed by atoms with Crippen LogP contribution in [0.4, 0.5) is 0 Å². The molecule has 0 aromatic heterocycles. The van der Waals surface area contributed by atoms with Gasteiger partial charge in [-0.15, -0.1) is 0 Å². The summed E-state index contributed by atoms with van der Waals surface area (Å²) in [5, 5.41) is 19.3. The van der Waals surface area contributed by atoms with Gasteiger partial charge in [-0.1, -0.05) is 24.3 Å². The summed E-state index contributed by atoms with van der Waals surface area (Å²) in [7, 11) is 3.30. The van der Waals surface area contributed by atoms with E-state index < -0.39 is 0 Å². The summed E-state index contributed by atoms with van der Waals surface area (Å²) in [5.74, 6) is 2.54. The van der Waals surface area contributed by atoms with Gasteiger partial charge >= 0.3 is 0 Å². The van der Waals surface area contributed by atoms with Crippen LogP contribution >= 0.6 is 0 Å². The number of benzene rings is 3. The van der Waals surface area contributed by atoms with Gasteiger partial charge in [-0.2, -0.15) is 0 Å². The van der Waals surface area contributed by atoms with E-state index in [0.717, 1.165) is 46.8 Å². The quantitative estimate of drug-likeness (QED) is 0.542. The zero-order valence-corrected chi connectivity index (χ0v) is 16.7. The van der Waals surface area contributed by atoms with Gasteiger partial charge in [0.05, 0.1) is 14.2 Å². The standard InChI is InChI=1S/C24H26O5/c1-27-21-11-6-17(7-12-21)16-29-22-13-9-19(24(15-22)28-2)5-3-4-18-8-10-20(25)14-23(18)26/h6-15,25-26H,3-5,16H2,1-2H3. The van der Waals surface area contributed by atoms with E-state index in [1.807, 2.05) is 42.5 Å². The van der Waals surface area contributed by atoms with Crippen LogP contribution in [0.3, 0.4) is 0 Å². The van der Waals surface area contributed by atoms with Gasteiger partial charge in [0, 0.05) is 12.1 Å². The van der Waals surface area contributed by atoms with Crippen LogP contribution in [0.15, 0.2) is 60.7 Å². The lowest BCUT2D eigenvalue weighted by Gasteiger charge is -2.12. The molecule has 3 rings (SSSR count). The van der Waals surface area contributed by atoms with Gasteiger partial charge in [0.2, 0.25) is 0 Å². The SMILES string of the molecule is COc1ccc(COc2ccc(CCCc3ccc(O)cc3O)c(OC)c2)cc1. The molecule has 5 heteroatoms. The molecule has 0 aliphatic heterocycles. The predicted octanol–water partition coefficient (Wildman–Crippen LogP) is 4.87. The van der Waals surface area contributed by atoms with Crippen molar-refractivity contribution in [3.63, 3.8) is 0 Å². The molecule has 3 aromatic carbocycles. The number of aromatic hydroxyl groups is 2. The zero-order chi connectivity index (χ0) is 20.6. The molecule has 5 nitrogen and oxygen atoms in total. The van der Waals surface area contributed by atoms with Gasteiger partial charge in [0.25, 0.3) is 0 Å². The Morgan fingerprint density at radius 3 is 2.10 bits per heavy atom. The second kappa shape index (κ2) is 9.73. The molecule has 2 N–H and O–H groups in total. The van der Waals surface area contributed by atoms with E-state index >= 15 is 0 Å². The number of hydrogen-bond acceptors (Lipinski definition) is 5. The van der Waals surface area contributed by atoms with Gasteiger partial charge in [0.15, 0.2) is 0 Å². The summed E-state index contributed by atoms with van der Waals surface area (Å²) >= 11 is 0. The van der Waals surface area contributed by atoms with Crippen molar-refractivity contribution in [2.24, 2.45) is 0 Å². The van der Waals surface area contributed by atoms with Crippen LogP contribution in [0.25, 0.3) is 0 Å². The summed E-state index contributed by atoms with van der Waals surface area (Å²) < 4.78 is 16.6. The van der Waals surface area contributed by atoms with Gasteiger partial charge < -0.3 is 24.4 Å². The number of methoxy groups -OCH3 is 2. The summed E-state index contributed by atoms with van der Waals surface area (Å²) in [5.41, 5.74) is 2.96. The van der Waals surface area contributed by atoms with E-state index in [2.05, 4.69) is 0 Å². The minimum absolute atomic E-state index is 0.0677. The second-order valence-electron chi connectivity index (χ2n) is 6.78. The number of rotatable bonds is 9. The first-order valence-corrected chi connectivity index (χ1v) is 9.52. The van der Waals surface area contributed by atoms with Crippen LogP contribution in [0.5, 0.6) is 28.7 Å². The molecule has 152 valence electrons. The summed E-state index contributed by atoms with van der Waals surface area (Å²) in [6.07, 6.45) is 2.37. The fourth-order valence-corrected chi connectivity index (χ4v) is 3.14. The highest BCUT2D eigenvalue weighted by Crippen LogP contribution is 2.28. The molecule has 0 atom stereocenters. The number of ether oxygens (including phenoxy) is 3. The highest BCUT2D eigenvalue weighted by atomic mass is 16.5. The molecule has 0 spiro atoms. The van der Waals surface area contributed by atoms with Gasteiger partial charge in [0.1, 0.15) is 35.4 Å². The van der Waals surface area contributed by atoms with Gasteiger partial charge in [-0.3, -0.25) is 0 Å². The van der Waals surface area contributed by atoms with Crippen LogP contribution in [0.2, 0.25) is 0 Å². The molecule has 0 unspecified atom stereocenters. The first-order chi connectivity index (χ1) is 14.1. The van der Waals surface area contributed by atoms with E-state index in [9.17, 15) is 10.2 Å². The molecule has 0 saturated carbocycles. The normalized spacial score (nSPS) is 10.6. The van der Waals surface area contributed by atoms with Gasteiger partial charge in [-0.05, 0) is 60.2 Å². The van der Waals surface area contributed by atoms with Crippen LogP contribution in [0, 0.1) is 0 Å². The lowest BCUT2D eigenvalue weighted by Crippen LogP contribution is -1.98. The zero-order valence-electron chi connectivity index (χ0n) is 16.7. The molecule has 0 aliphatic rings. The molecule has 0 saturated heterocycles. The fraction of sp³-hybridized carbons (Fsp3) is 0.250. The van der Waals surface area contributed by atoms with E-state index in [1.54, 1.807) is 26.4 Å². The maximum Gasteiger partial charge on any atom is 0.125 e. The van der Waals surface area contributed by atoms with Crippen molar-refractivity contribution in [1.29, 1.82) is 0 Å². The monoisotopic (exact) mass is 394 g/mol. The van der Waals surface area contributed by atoms with Gasteiger partial charge in [-0.25, -0.2) is 0 Å². The molecule has 0 heterocycles. The molecule has 0 aliphatic carbocycles. The number of aryl methyl sites for hydroxylation is 2. The topological polar surface area (TPSA) is 68.2 Å². The summed E-state index contributed by atoms with van der Waals surface area (Å²) in [6.45, 7) is 0.465. The Hall–Kier alpha value is -3.34. The van der Waals surface area contributed by atoms with Crippen molar-refractivity contribution in [2.75, 3.05) is 14.2 Å². The van der Waals surface area contributed by atoms with Crippen molar-refractivity contribution in [3.8, 4) is 28.7 Å². The Labute approximate surface area is 171 Å². The molecular formula is C24H26O5. The molecule has 29 heavy (non-hydrogen) atoms. The Bertz CT molecular complexity index is 935. The van der Waals surface area contributed by atoms with E-state index in [1.165, 1.54) is 6.07 Å². The smallest absolute Gasteiger partial charge is 0.125 e. The fourth-order valence-electron chi connectivity index (χ4n) is 3.14. The molecule has 0 amide bonds. The van der Waals surface area contributed by atoms with E-state index in [-0.39, 0.29) is 11.5 Å². The summed E-state index contributed by atoms with van der Waals surface area (Å²) in [4.78, 5) is 0. The Kier molecular flexibility index (Phi) is 6.85. The Morgan fingerprint density at radius 2 is 1.41 bits per heavy atom. The highest BCUT2D eigenvalue weighted by Gasteiger charge is 2.08.